The molecule has 0 saturated heterocycles. The molecule has 13 heavy (non-hydrogen) atoms. The van der Waals surface area contributed by atoms with Crippen LogP contribution >= 0.6 is 12.6 Å². The van der Waals surface area contributed by atoms with Crippen molar-refractivity contribution < 1.29 is 0 Å². The highest BCUT2D eigenvalue weighted by Crippen LogP contribution is 2.25. The minimum atomic E-state index is 0.990. The van der Waals surface area contributed by atoms with Crippen molar-refractivity contribution >= 4 is 12.6 Å². The van der Waals surface area contributed by atoms with Crippen molar-refractivity contribution in [2.24, 2.45) is 0 Å². The Balaban J connectivity index is 2.47. The molecule has 1 nitrogen and oxygen atoms in total. The van der Waals surface area contributed by atoms with Gasteiger partial charge in [-0.3, -0.25) is 0 Å². The van der Waals surface area contributed by atoms with Crippen molar-refractivity contribution in [3.8, 4) is 11.1 Å². The Bertz CT molecular complexity index is 400. The second-order valence-electron chi connectivity index (χ2n) is 3.12. The summed E-state index contributed by atoms with van der Waals surface area (Å²) in [6.07, 6.45) is 3.85. The van der Waals surface area contributed by atoms with Gasteiger partial charge in [0.2, 0.25) is 0 Å². The summed E-state index contributed by atoms with van der Waals surface area (Å²) in [5.74, 6) is 0. The molecular weight excluding hydrogens is 178 g/mol. The van der Waals surface area contributed by atoms with E-state index in [9.17, 15) is 0 Å². The lowest BCUT2D eigenvalue weighted by molar-refractivity contribution is 1.38. The number of rotatable bonds is 1. The van der Waals surface area contributed by atoms with Crippen molar-refractivity contribution in [2.45, 2.75) is 11.8 Å². The Morgan fingerprint density at radius 1 is 1.08 bits per heavy atom. The summed E-state index contributed by atoms with van der Waals surface area (Å²) in [6, 6.07) is 8.43. The predicted molar refractivity (Wildman–Crippen MR) is 58.2 cm³/mol. The summed E-state index contributed by atoms with van der Waals surface area (Å²) in [4.78, 5) is 4.02. The van der Waals surface area contributed by atoms with E-state index >= 15 is 0 Å². The molecule has 0 aliphatic rings. The van der Waals surface area contributed by atoms with E-state index in [4.69, 9.17) is 0 Å². The van der Waals surface area contributed by atoms with Gasteiger partial charge in [-0.2, -0.15) is 0 Å². The smallest absolute Gasteiger partial charge is 0.0294 e. The normalized spacial score (nSPS) is 10.3. The number of thiol groups is 1. The molecule has 66 valence electrons. The van der Waals surface area contributed by atoms with Gasteiger partial charge in [0.1, 0.15) is 0 Å². The van der Waals surface area contributed by atoms with Gasteiger partial charge in [0, 0.05) is 22.9 Å². The standard InChI is InChI=1S/C11H11NS/c1-8-2-4-9(5-3-8)10-6-12-7-11(10)13/h2-7,12-13H,1H3. The Hall–Kier alpha value is -1.15. The van der Waals surface area contributed by atoms with E-state index < -0.39 is 0 Å². The SMILES string of the molecule is Cc1ccc(-c2c[nH]cc2S)cc1. The van der Waals surface area contributed by atoms with Crippen LogP contribution in [0.25, 0.3) is 11.1 Å². The molecule has 1 aromatic carbocycles. The quantitative estimate of drug-likeness (QED) is 0.640. The van der Waals surface area contributed by atoms with Crippen LogP contribution in [-0.2, 0) is 0 Å². The van der Waals surface area contributed by atoms with Crippen molar-refractivity contribution in [1.29, 1.82) is 0 Å². The fourth-order valence-electron chi connectivity index (χ4n) is 1.32. The monoisotopic (exact) mass is 189 g/mol. The van der Waals surface area contributed by atoms with Crippen LogP contribution in [0.4, 0.5) is 0 Å². The molecular formula is C11H11NS. The zero-order valence-electron chi connectivity index (χ0n) is 7.41. The fourth-order valence-corrected chi connectivity index (χ4v) is 1.59. The molecule has 0 aliphatic heterocycles. The number of aryl methyl sites for hydroxylation is 1. The highest BCUT2D eigenvalue weighted by Gasteiger charge is 2.01. The Morgan fingerprint density at radius 3 is 2.31 bits per heavy atom. The average Bonchev–Trinajstić information content (AvgIpc) is 2.53. The van der Waals surface area contributed by atoms with E-state index in [1.807, 2.05) is 12.4 Å². The lowest BCUT2D eigenvalue weighted by Gasteiger charge is -1.99. The van der Waals surface area contributed by atoms with Gasteiger partial charge < -0.3 is 4.98 Å². The fraction of sp³-hybridized carbons (Fsp3) is 0.0909. The molecule has 0 radical (unpaired) electrons. The maximum Gasteiger partial charge on any atom is 0.0294 e. The summed E-state index contributed by atoms with van der Waals surface area (Å²) >= 11 is 4.36. The minimum absolute atomic E-state index is 0.990. The zero-order chi connectivity index (χ0) is 9.26. The molecule has 0 bridgehead atoms. The first-order valence-corrected chi connectivity index (χ1v) is 4.65. The predicted octanol–water partition coefficient (Wildman–Crippen LogP) is 3.28. The van der Waals surface area contributed by atoms with Gasteiger partial charge >= 0.3 is 0 Å². The van der Waals surface area contributed by atoms with Crippen LogP contribution in [0.5, 0.6) is 0 Å². The molecule has 0 saturated carbocycles. The molecule has 1 aromatic heterocycles. The molecule has 0 amide bonds. The number of H-pyrrole nitrogens is 1. The van der Waals surface area contributed by atoms with Crippen LogP contribution in [0.2, 0.25) is 0 Å². The number of aromatic amines is 1. The van der Waals surface area contributed by atoms with Crippen molar-refractivity contribution in [3.63, 3.8) is 0 Å². The maximum atomic E-state index is 4.36. The molecule has 1 heterocycles. The maximum absolute atomic E-state index is 4.36. The molecule has 2 heteroatoms. The summed E-state index contributed by atoms with van der Waals surface area (Å²) in [7, 11) is 0. The van der Waals surface area contributed by atoms with Gasteiger partial charge in [-0.25, -0.2) is 0 Å². The van der Waals surface area contributed by atoms with Crippen LogP contribution in [0.3, 0.4) is 0 Å². The molecule has 0 spiro atoms. The number of hydrogen-bond acceptors (Lipinski definition) is 1. The first-order valence-electron chi connectivity index (χ1n) is 4.20. The highest BCUT2D eigenvalue weighted by atomic mass is 32.1. The molecule has 0 unspecified atom stereocenters. The van der Waals surface area contributed by atoms with Gasteiger partial charge in [-0.1, -0.05) is 29.8 Å². The van der Waals surface area contributed by atoms with Crippen molar-refractivity contribution in [3.05, 3.63) is 42.2 Å². The summed E-state index contributed by atoms with van der Waals surface area (Å²) in [6.45, 7) is 2.09. The lowest BCUT2D eigenvalue weighted by atomic mass is 10.1. The Morgan fingerprint density at radius 2 is 1.77 bits per heavy atom. The van der Waals surface area contributed by atoms with E-state index in [2.05, 4.69) is 48.8 Å². The van der Waals surface area contributed by atoms with Crippen molar-refractivity contribution in [2.75, 3.05) is 0 Å². The third-order valence-corrected chi connectivity index (χ3v) is 2.46. The number of aromatic nitrogens is 1. The highest BCUT2D eigenvalue weighted by molar-refractivity contribution is 7.80. The molecule has 2 aromatic rings. The van der Waals surface area contributed by atoms with E-state index in [1.54, 1.807) is 0 Å². The summed E-state index contributed by atoms with van der Waals surface area (Å²) in [5, 5.41) is 0. The lowest BCUT2D eigenvalue weighted by Crippen LogP contribution is -1.76. The third kappa shape index (κ3) is 1.63. The molecule has 2 rings (SSSR count). The first kappa shape index (κ1) is 8.45. The van der Waals surface area contributed by atoms with Crippen LogP contribution in [-0.4, -0.2) is 4.98 Å². The van der Waals surface area contributed by atoms with Gasteiger partial charge in [0.15, 0.2) is 0 Å². The second kappa shape index (κ2) is 3.30. The van der Waals surface area contributed by atoms with Gasteiger partial charge in [-0.15, -0.1) is 12.6 Å². The number of nitrogens with one attached hydrogen (secondary N) is 1. The van der Waals surface area contributed by atoms with E-state index in [0.717, 1.165) is 10.5 Å². The van der Waals surface area contributed by atoms with Crippen LogP contribution in [0.15, 0.2) is 41.6 Å². The zero-order valence-corrected chi connectivity index (χ0v) is 8.31. The molecule has 0 fully saturated rings. The number of hydrogen-bond donors (Lipinski definition) is 2. The minimum Gasteiger partial charge on any atom is -0.366 e. The van der Waals surface area contributed by atoms with Crippen LogP contribution in [0.1, 0.15) is 5.56 Å². The van der Waals surface area contributed by atoms with E-state index in [0.29, 0.717) is 0 Å². The average molecular weight is 189 g/mol. The molecule has 0 atom stereocenters. The van der Waals surface area contributed by atoms with Gasteiger partial charge in [-0.05, 0) is 12.5 Å². The van der Waals surface area contributed by atoms with E-state index in [1.165, 1.54) is 11.1 Å². The van der Waals surface area contributed by atoms with Crippen LogP contribution in [0, 0.1) is 6.92 Å². The molecule has 0 aliphatic carbocycles. The Kier molecular flexibility index (Phi) is 2.15. The van der Waals surface area contributed by atoms with Crippen molar-refractivity contribution in [1.82, 2.24) is 4.98 Å². The topological polar surface area (TPSA) is 15.8 Å². The molecule has 1 N–H and O–H groups in total. The second-order valence-corrected chi connectivity index (χ2v) is 3.60. The van der Waals surface area contributed by atoms with Gasteiger partial charge in [0.25, 0.3) is 0 Å². The first-order chi connectivity index (χ1) is 6.27. The largest absolute Gasteiger partial charge is 0.366 e. The number of benzene rings is 1. The summed E-state index contributed by atoms with van der Waals surface area (Å²) < 4.78 is 0. The summed E-state index contributed by atoms with van der Waals surface area (Å²) in [5.41, 5.74) is 3.64. The van der Waals surface area contributed by atoms with Crippen LogP contribution < -0.4 is 0 Å². The van der Waals surface area contributed by atoms with Gasteiger partial charge in [0.05, 0.1) is 0 Å². The Labute approximate surface area is 83.2 Å². The van der Waals surface area contributed by atoms with E-state index in [-0.39, 0.29) is 0 Å². The third-order valence-electron chi connectivity index (χ3n) is 2.09.